The third-order valence-electron chi connectivity index (χ3n) is 4.15. The molecular formula is C17H22ClFN4O2. The number of carboxylic acid groups (broad SMARTS) is 1. The van der Waals surface area contributed by atoms with Gasteiger partial charge in [-0.3, -0.25) is 0 Å². The summed E-state index contributed by atoms with van der Waals surface area (Å²) in [5, 5.41) is 21.3. The molecule has 1 fully saturated rings. The van der Waals surface area contributed by atoms with Crippen LogP contribution in [0, 0.1) is 23.1 Å². The van der Waals surface area contributed by atoms with Crippen LogP contribution in [-0.2, 0) is 0 Å². The monoisotopic (exact) mass is 368 g/mol. The number of amides is 1. The number of rotatable bonds is 6. The smallest absolute Gasteiger partial charge is 0.407 e. The van der Waals surface area contributed by atoms with Crippen LogP contribution in [0.3, 0.4) is 0 Å². The number of hydrogen-bond donors (Lipinski definition) is 2. The Bertz CT molecular complexity index is 695. The molecule has 1 aromatic rings. The molecule has 0 bridgehead atoms. The van der Waals surface area contributed by atoms with Crippen LogP contribution in [0.5, 0.6) is 0 Å². The maximum atomic E-state index is 14.2. The minimum Gasteiger partial charge on any atom is -0.465 e. The molecule has 1 aromatic heterocycles. The number of aromatic nitrogens is 1. The molecule has 0 spiro atoms. The van der Waals surface area contributed by atoms with Gasteiger partial charge in [0.15, 0.2) is 11.6 Å². The van der Waals surface area contributed by atoms with Gasteiger partial charge in [0.2, 0.25) is 0 Å². The molecular weight excluding hydrogens is 347 g/mol. The van der Waals surface area contributed by atoms with Gasteiger partial charge >= 0.3 is 6.09 Å². The van der Waals surface area contributed by atoms with Gasteiger partial charge in [-0.1, -0.05) is 24.4 Å². The number of hydrogen-bond acceptors (Lipinski definition) is 4. The Hall–Kier alpha value is -2.07. The maximum Gasteiger partial charge on any atom is 0.407 e. The Balaban J connectivity index is 2.22. The highest BCUT2D eigenvalue weighted by Gasteiger charge is 2.32. The molecule has 0 radical (unpaired) electrons. The second-order valence-electron chi connectivity index (χ2n) is 7.35. The van der Waals surface area contributed by atoms with Gasteiger partial charge in [0.1, 0.15) is 11.2 Å². The van der Waals surface area contributed by atoms with Gasteiger partial charge in [0, 0.05) is 18.1 Å². The van der Waals surface area contributed by atoms with E-state index in [1.54, 1.807) is 6.07 Å². The third-order valence-corrected chi connectivity index (χ3v) is 4.44. The van der Waals surface area contributed by atoms with E-state index in [4.69, 9.17) is 16.9 Å². The zero-order chi connectivity index (χ0) is 18.8. The fourth-order valence-electron chi connectivity index (χ4n) is 2.63. The number of anilines is 1. The van der Waals surface area contributed by atoms with Crippen molar-refractivity contribution in [2.45, 2.75) is 51.6 Å². The Kier molecular flexibility index (Phi) is 5.73. The number of carbonyl (C=O) groups is 1. The number of nitrogens with zero attached hydrogens (tertiary/aromatic N) is 3. The zero-order valence-electron chi connectivity index (χ0n) is 14.5. The van der Waals surface area contributed by atoms with Crippen molar-refractivity contribution in [1.82, 2.24) is 9.88 Å². The summed E-state index contributed by atoms with van der Waals surface area (Å²) in [4.78, 5) is 16.8. The van der Waals surface area contributed by atoms with Crippen molar-refractivity contribution in [2.75, 3.05) is 11.9 Å². The Morgan fingerprint density at radius 3 is 2.72 bits per heavy atom. The predicted molar refractivity (Wildman–Crippen MR) is 93.2 cm³/mol. The molecule has 1 amide bonds. The molecule has 1 unspecified atom stereocenters. The molecule has 8 heteroatoms. The molecule has 1 atom stereocenters. The van der Waals surface area contributed by atoms with Crippen LogP contribution in [0.2, 0.25) is 5.15 Å². The van der Waals surface area contributed by atoms with Gasteiger partial charge in [-0.2, -0.15) is 5.26 Å². The molecule has 2 rings (SSSR count). The first-order chi connectivity index (χ1) is 11.6. The van der Waals surface area contributed by atoms with Gasteiger partial charge in [0.05, 0.1) is 5.56 Å². The summed E-state index contributed by atoms with van der Waals surface area (Å²) in [6.45, 7) is 5.64. The number of nitriles is 1. The van der Waals surface area contributed by atoms with Crippen molar-refractivity contribution >= 4 is 23.5 Å². The van der Waals surface area contributed by atoms with Crippen LogP contribution in [-0.4, -0.2) is 39.2 Å². The molecule has 0 aliphatic heterocycles. The van der Waals surface area contributed by atoms with E-state index in [-0.39, 0.29) is 29.1 Å². The summed E-state index contributed by atoms with van der Waals surface area (Å²) in [7, 11) is 0. The lowest BCUT2D eigenvalue weighted by atomic mass is 10.0. The van der Waals surface area contributed by atoms with Gasteiger partial charge < -0.3 is 15.3 Å². The van der Waals surface area contributed by atoms with E-state index in [0.717, 1.165) is 25.3 Å². The Morgan fingerprint density at radius 1 is 1.60 bits per heavy atom. The maximum absolute atomic E-state index is 14.2. The predicted octanol–water partition coefficient (Wildman–Crippen LogP) is 4.10. The Labute approximate surface area is 151 Å². The van der Waals surface area contributed by atoms with E-state index in [0.29, 0.717) is 5.92 Å². The largest absolute Gasteiger partial charge is 0.465 e. The molecule has 136 valence electrons. The summed E-state index contributed by atoms with van der Waals surface area (Å²) in [5.74, 6) is -0.238. The minimum atomic E-state index is -1.03. The number of pyridine rings is 1. The lowest BCUT2D eigenvalue weighted by Gasteiger charge is -2.36. The Morgan fingerprint density at radius 2 is 2.24 bits per heavy atom. The molecule has 1 aliphatic rings. The lowest BCUT2D eigenvalue weighted by Crippen LogP contribution is -2.50. The van der Waals surface area contributed by atoms with Crippen LogP contribution < -0.4 is 5.32 Å². The van der Waals surface area contributed by atoms with E-state index in [1.807, 2.05) is 20.8 Å². The fraction of sp³-hybridized carbons (Fsp3) is 0.588. The van der Waals surface area contributed by atoms with Crippen molar-refractivity contribution in [3.8, 4) is 6.07 Å². The average Bonchev–Trinajstić information content (AvgIpc) is 3.30. The van der Waals surface area contributed by atoms with Crippen LogP contribution in [0.25, 0.3) is 0 Å². The van der Waals surface area contributed by atoms with E-state index in [9.17, 15) is 14.3 Å². The lowest BCUT2D eigenvalue weighted by molar-refractivity contribution is 0.0963. The quantitative estimate of drug-likeness (QED) is 0.737. The van der Waals surface area contributed by atoms with Gasteiger partial charge in [-0.05, 0) is 39.2 Å². The summed E-state index contributed by atoms with van der Waals surface area (Å²) < 4.78 is 14.2. The molecule has 1 saturated carbocycles. The second kappa shape index (κ2) is 7.44. The van der Waals surface area contributed by atoms with E-state index in [2.05, 4.69) is 10.3 Å². The minimum absolute atomic E-state index is 0.0367. The average molecular weight is 369 g/mol. The van der Waals surface area contributed by atoms with Crippen LogP contribution in [0.1, 0.15) is 45.6 Å². The van der Waals surface area contributed by atoms with Crippen molar-refractivity contribution in [3.63, 3.8) is 0 Å². The molecule has 1 aliphatic carbocycles. The number of halogens is 2. The van der Waals surface area contributed by atoms with Crippen LogP contribution in [0.4, 0.5) is 15.0 Å². The third kappa shape index (κ3) is 5.20. The highest BCUT2D eigenvalue weighted by atomic mass is 35.5. The first kappa shape index (κ1) is 19.3. The van der Waals surface area contributed by atoms with E-state index < -0.39 is 17.4 Å². The van der Waals surface area contributed by atoms with Crippen molar-refractivity contribution in [2.24, 2.45) is 5.92 Å². The number of nitrogens with one attached hydrogen (secondary N) is 1. The van der Waals surface area contributed by atoms with Crippen molar-refractivity contribution in [1.29, 1.82) is 5.26 Å². The summed E-state index contributed by atoms with van der Waals surface area (Å²) in [5.41, 5.74) is -0.617. The second-order valence-corrected chi connectivity index (χ2v) is 7.71. The SMILES string of the molecule is CC(C)(C)N(CC(CC1CC1)Nc1nc(Cl)c(C#N)cc1F)C(=O)O. The van der Waals surface area contributed by atoms with Crippen LogP contribution >= 0.6 is 11.6 Å². The molecule has 2 N–H and O–H groups in total. The molecule has 0 aromatic carbocycles. The fourth-order valence-corrected chi connectivity index (χ4v) is 2.82. The molecule has 0 saturated heterocycles. The normalized spacial score (nSPS) is 15.4. The summed E-state index contributed by atoms with van der Waals surface area (Å²) in [6.07, 6.45) is 1.87. The summed E-state index contributed by atoms with van der Waals surface area (Å²) in [6, 6.07) is 2.51. The van der Waals surface area contributed by atoms with Crippen LogP contribution in [0.15, 0.2) is 6.07 Å². The van der Waals surface area contributed by atoms with Crippen molar-refractivity contribution < 1.29 is 14.3 Å². The highest BCUT2D eigenvalue weighted by molar-refractivity contribution is 6.30. The summed E-state index contributed by atoms with van der Waals surface area (Å²) >= 11 is 5.89. The van der Waals surface area contributed by atoms with Crippen molar-refractivity contribution in [3.05, 3.63) is 22.6 Å². The topological polar surface area (TPSA) is 89.3 Å². The van der Waals surface area contributed by atoms with Gasteiger partial charge in [-0.25, -0.2) is 14.2 Å². The van der Waals surface area contributed by atoms with E-state index >= 15 is 0 Å². The first-order valence-corrected chi connectivity index (χ1v) is 8.53. The highest BCUT2D eigenvalue weighted by Crippen LogP contribution is 2.35. The zero-order valence-corrected chi connectivity index (χ0v) is 15.3. The molecule has 25 heavy (non-hydrogen) atoms. The van der Waals surface area contributed by atoms with Gasteiger partial charge in [-0.15, -0.1) is 0 Å². The van der Waals surface area contributed by atoms with Gasteiger partial charge in [0.25, 0.3) is 0 Å². The standard InChI is InChI=1S/C17H22ClFN4O2/c1-17(2,3)23(16(24)25)9-12(6-10-4-5-10)21-15-13(19)7-11(8-20)14(18)22-15/h7,10,12H,4-6,9H2,1-3H3,(H,21,22)(H,24,25). The first-order valence-electron chi connectivity index (χ1n) is 8.15. The molecule has 1 heterocycles. The molecule has 6 nitrogen and oxygen atoms in total. The van der Waals surface area contributed by atoms with E-state index in [1.165, 1.54) is 4.90 Å².